The molecule has 2 N–H and O–H groups in total. The summed E-state index contributed by atoms with van der Waals surface area (Å²) >= 11 is 0. The molecule has 0 radical (unpaired) electrons. The number of fused-ring (bicyclic) bond motifs is 1. The molecule has 4 aromatic rings. The summed E-state index contributed by atoms with van der Waals surface area (Å²) in [7, 11) is 1.88. The zero-order valence-corrected chi connectivity index (χ0v) is 24.5. The molecule has 1 atom stereocenters. The number of hydrogen-bond donors (Lipinski definition) is 1. The molecule has 2 aromatic carbocycles. The van der Waals surface area contributed by atoms with Gasteiger partial charge in [-0.25, -0.2) is 14.8 Å². The van der Waals surface area contributed by atoms with Crippen LogP contribution in [0.5, 0.6) is 5.75 Å². The lowest BCUT2D eigenvalue weighted by molar-refractivity contribution is -0.142. The normalized spacial score (nSPS) is 12.0. The van der Waals surface area contributed by atoms with Crippen LogP contribution in [0.3, 0.4) is 0 Å². The molecule has 224 valence electrons. The standard InChI is InChI=1S/C31H34N6O6/c1-5-41-27(38)16-18-37(26-9-7-8-17-33-26)30(39)22-12-15-25-24(19-22)34-29(36(25)4)20(3)43-23-13-10-21(11-14-23)28(32)35-31(40)42-6-2/h7-15,17,19-20H,5-6,16,18H2,1-4H3,(H2,32,35,40). The Hall–Kier alpha value is -5.26. The third kappa shape index (κ3) is 7.53. The van der Waals surface area contributed by atoms with Crippen LogP contribution in [0.15, 0.2) is 71.9 Å². The third-order valence-electron chi connectivity index (χ3n) is 6.48. The summed E-state index contributed by atoms with van der Waals surface area (Å²) in [5, 5.41) is 0. The number of carbonyl (C=O) groups is 3. The number of esters is 1. The Morgan fingerprint density at radius 1 is 1.00 bits per heavy atom. The van der Waals surface area contributed by atoms with Crippen LogP contribution in [-0.4, -0.2) is 58.1 Å². The first kappa shape index (κ1) is 30.7. The first-order valence-electron chi connectivity index (χ1n) is 13.8. The highest BCUT2D eigenvalue weighted by Crippen LogP contribution is 2.26. The van der Waals surface area contributed by atoms with Crippen molar-refractivity contribution in [2.45, 2.75) is 33.3 Å². The van der Waals surface area contributed by atoms with Crippen LogP contribution >= 0.6 is 0 Å². The molecule has 0 saturated heterocycles. The molecule has 0 fully saturated rings. The molecular weight excluding hydrogens is 552 g/mol. The summed E-state index contributed by atoms with van der Waals surface area (Å²) in [6.07, 6.45) is 0.436. The smallest absolute Gasteiger partial charge is 0.435 e. The number of amides is 2. The molecule has 2 heterocycles. The fourth-order valence-corrected chi connectivity index (χ4v) is 4.42. The Morgan fingerprint density at radius 3 is 2.40 bits per heavy atom. The second-order valence-corrected chi connectivity index (χ2v) is 9.41. The number of hydrogen-bond acceptors (Lipinski definition) is 8. The Balaban J connectivity index is 1.53. The molecule has 12 heteroatoms. The van der Waals surface area contributed by atoms with E-state index in [-0.39, 0.29) is 37.9 Å². The zero-order valence-electron chi connectivity index (χ0n) is 24.5. The molecule has 0 aliphatic heterocycles. The van der Waals surface area contributed by atoms with E-state index in [2.05, 4.69) is 9.98 Å². The van der Waals surface area contributed by atoms with Gasteiger partial charge >= 0.3 is 12.1 Å². The lowest BCUT2D eigenvalue weighted by Gasteiger charge is -2.21. The predicted molar refractivity (Wildman–Crippen MR) is 161 cm³/mol. The number of nitrogens with two attached hydrogens (primary N) is 1. The molecule has 12 nitrogen and oxygen atoms in total. The van der Waals surface area contributed by atoms with Gasteiger partial charge in [0.1, 0.15) is 17.4 Å². The molecule has 0 aliphatic rings. The fraction of sp³-hybridized carbons (Fsp3) is 0.290. The number of aromatic nitrogens is 3. The molecular formula is C31H34N6O6. The van der Waals surface area contributed by atoms with Crippen molar-refractivity contribution in [2.24, 2.45) is 17.8 Å². The van der Waals surface area contributed by atoms with Crippen molar-refractivity contribution in [1.82, 2.24) is 14.5 Å². The number of ether oxygens (including phenoxy) is 3. The quantitative estimate of drug-likeness (QED) is 0.151. The van der Waals surface area contributed by atoms with Gasteiger partial charge in [0.15, 0.2) is 11.9 Å². The predicted octanol–water partition coefficient (Wildman–Crippen LogP) is 4.57. The Labute approximate surface area is 249 Å². The summed E-state index contributed by atoms with van der Waals surface area (Å²) in [6, 6.07) is 17.4. The van der Waals surface area contributed by atoms with Crippen molar-refractivity contribution >= 4 is 40.7 Å². The molecule has 0 spiro atoms. The molecule has 0 aliphatic carbocycles. The molecule has 2 aromatic heterocycles. The Morgan fingerprint density at radius 2 is 1.72 bits per heavy atom. The average Bonchev–Trinajstić information content (AvgIpc) is 3.34. The van der Waals surface area contributed by atoms with Crippen LogP contribution in [0.4, 0.5) is 10.6 Å². The first-order valence-corrected chi connectivity index (χ1v) is 13.8. The topological polar surface area (TPSA) is 151 Å². The van der Waals surface area contributed by atoms with Crippen molar-refractivity contribution in [3.8, 4) is 5.75 Å². The van der Waals surface area contributed by atoms with E-state index in [1.807, 2.05) is 24.6 Å². The summed E-state index contributed by atoms with van der Waals surface area (Å²) in [5.74, 6) is 0.985. The van der Waals surface area contributed by atoms with E-state index in [9.17, 15) is 14.4 Å². The molecule has 4 rings (SSSR count). The van der Waals surface area contributed by atoms with Crippen molar-refractivity contribution < 1.29 is 28.6 Å². The van der Waals surface area contributed by atoms with Crippen LogP contribution in [0, 0.1) is 0 Å². The van der Waals surface area contributed by atoms with Crippen LogP contribution < -0.4 is 15.4 Å². The minimum atomic E-state index is -0.748. The largest absolute Gasteiger partial charge is 0.483 e. The van der Waals surface area contributed by atoms with Crippen molar-refractivity contribution in [1.29, 1.82) is 0 Å². The molecule has 2 amide bonds. The van der Waals surface area contributed by atoms with Gasteiger partial charge < -0.3 is 24.5 Å². The Bertz CT molecular complexity index is 1620. The highest BCUT2D eigenvalue weighted by Gasteiger charge is 2.22. The second kappa shape index (κ2) is 14.1. The van der Waals surface area contributed by atoms with Gasteiger partial charge in [-0.05, 0) is 75.4 Å². The maximum Gasteiger partial charge on any atom is 0.435 e. The number of benzene rings is 2. The van der Waals surface area contributed by atoms with E-state index in [1.165, 1.54) is 4.90 Å². The minimum Gasteiger partial charge on any atom is -0.483 e. The molecule has 0 bridgehead atoms. The van der Waals surface area contributed by atoms with E-state index < -0.39 is 18.2 Å². The van der Waals surface area contributed by atoms with Gasteiger partial charge in [-0.3, -0.25) is 14.5 Å². The van der Waals surface area contributed by atoms with Crippen LogP contribution in [0.1, 0.15) is 55.0 Å². The van der Waals surface area contributed by atoms with Crippen molar-refractivity contribution in [3.63, 3.8) is 0 Å². The van der Waals surface area contributed by atoms with Gasteiger partial charge in [0.25, 0.3) is 5.91 Å². The van der Waals surface area contributed by atoms with Crippen LogP contribution in [0.2, 0.25) is 0 Å². The van der Waals surface area contributed by atoms with Gasteiger partial charge in [0.2, 0.25) is 0 Å². The average molecular weight is 587 g/mol. The second-order valence-electron chi connectivity index (χ2n) is 9.41. The van der Waals surface area contributed by atoms with E-state index in [4.69, 9.17) is 24.9 Å². The molecule has 0 saturated carbocycles. The molecule has 43 heavy (non-hydrogen) atoms. The van der Waals surface area contributed by atoms with Crippen LogP contribution in [0.25, 0.3) is 11.0 Å². The summed E-state index contributed by atoms with van der Waals surface area (Å²) in [5.41, 5.74) is 8.28. The third-order valence-corrected chi connectivity index (χ3v) is 6.48. The van der Waals surface area contributed by atoms with Gasteiger partial charge in [0, 0.05) is 30.9 Å². The number of imidazole rings is 1. The van der Waals surface area contributed by atoms with E-state index in [1.54, 1.807) is 74.6 Å². The maximum absolute atomic E-state index is 13.6. The number of anilines is 1. The highest BCUT2D eigenvalue weighted by molar-refractivity contribution is 6.07. The van der Waals surface area contributed by atoms with E-state index >= 15 is 0 Å². The van der Waals surface area contributed by atoms with Crippen LogP contribution in [-0.2, 0) is 21.3 Å². The zero-order chi connectivity index (χ0) is 30.9. The highest BCUT2D eigenvalue weighted by atomic mass is 16.5. The number of nitrogens with zero attached hydrogens (tertiary/aromatic N) is 5. The number of aryl methyl sites for hydroxylation is 1. The SMILES string of the molecule is CCOC(=O)CCN(C(=O)c1ccc2c(c1)nc(C(C)Oc1ccc(/C(N)=N\C(=O)OCC)cc1)n2C)c1ccccn1. The number of pyridine rings is 1. The minimum absolute atomic E-state index is 0.0345. The fourth-order valence-electron chi connectivity index (χ4n) is 4.42. The van der Waals surface area contributed by atoms with E-state index in [0.29, 0.717) is 34.0 Å². The summed E-state index contributed by atoms with van der Waals surface area (Å²) < 4.78 is 17.9. The maximum atomic E-state index is 13.6. The van der Waals surface area contributed by atoms with Gasteiger partial charge in [-0.1, -0.05) is 6.07 Å². The lowest BCUT2D eigenvalue weighted by atomic mass is 10.1. The van der Waals surface area contributed by atoms with Crippen molar-refractivity contribution in [3.05, 3.63) is 83.8 Å². The number of amidine groups is 1. The number of carbonyl (C=O) groups excluding carboxylic acids is 3. The lowest BCUT2D eigenvalue weighted by Crippen LogP contribution is -2.34. The monoisotopic (exact) mass is 586 g/mol. The molecule has 1 unspecified atom stereocenters. The number of rotatable bonds is 11. The first-order chi connectivity index (χ1) is 20.7. The summed E-state index contributed by atoms with van der Waals surface area (Å²) in [4.78, 5) is 51.5. The number of aliphatic imine (C=N–C) groups is 1. The van der Waals surface area contributed by atoms with E-state index in [0.717, 1.165) is 5.52 Å². The van der Waals surface area contributed by atoms with Gasteiger partial charge in [-0.2, -0.15) is 4.99 Å². The van der Waals surface area contributed by atoms with Gasteiger partial charge in [-0.15, -0.1) is 0 Å². The van der Waals surface area contributed by atoms with Gasteiger partial charge in [0.05, 0.1) is 30.7 Å². The Kier molecular flexibility index (Phi) is 10.0. The van der Waals surface area contributed by atoms with Crippen molar-refractivity contribution in [2.75, 3.05) is 24.7 Å². The summed E-state index contributed by atoms with van der Waals surface area (Å²) in [6.45, 7) is 5.89.